The number of para-hydroxylation sites is 1. The number of pyridine rings is 1. The Labute approximate surface area is 252 Å². The molecule has 0 saturated carbocycles. The number of nitrogens with zero attached hydrogens (tertiary/aromatic N) is 7. The zero-order chi connectivity index (χ0) is 31.5. The number of nitrogen functional groups attached to an aromatic ring is 1. The first-order chi connectivity index (χ1) is 20.9. The summed E-state index contributed by atoms with van der Waals surface area (Å²) in [6, 6.07) is 5.82. The van der Waals surface area contributed by atoms with Crippen LogP contribution in [0, 0.1) is 5.82 Å². The number of carbonyl (C=O) groups is 1. The summed E-state index contributed by atoms with van der Waals surface area (Å²) < 4.78 is 43.3. The van der Waals surface area contributed by atoms with E-state index >= 15 is 4.39 Å². The molecule has 230 valence electrons. The number of benzene rings is 1. The number of amides is 1. The molecule has 1 atom stereocenters. The third-order valence-corrected chi connectivity index (χ3v) is 9.38. The zero-order valence-electron chi connectivity index (χ0n) is 24.5. The number of halogens is 1. The van der Waals surface area contributed by atoms with Crippen molar-refractivity contribution >= 4 is 38.3 Å². The molecule has 2 saturated heterocycles. The Morgan fingerprint density at radius 2 is 1.95 bits per heavy atom. The average molecular weight is 622 g/mol. The molecule has 6 rings (SSSR count). The average Bonchev–Trinajstić information content (AvgIpc) is 3.39. The highest BCUT2D eigenvalue weighted by atomic mass is 32.2. The maximum absolute atomic E-state index is 15.9. The lowest BCUT2D eigenvalue weighted by atomic mass is 9.90. The number of fused-ring (bicyclic) bond motifs is 1. The quantitative estimate of drug-likeness (QED) is 0.302. The van der Waals surface area contributed by atoms with Gasteiger partial charge in [-0.1, -0.05) is 18.7 Å². The number of aromatic nitrogens is 5. The summed E-state index contributed by atoms with van der Waals surface area (Å²) in [7, 11) is -1.89. The van der Waals surface area contributed by atoms with Crippen LogP contribution in [-0.2, 0) is 14.6 Å². The lowest BCUT2D eigenvalue weighted by Gasteiger charge is -2.40. The van der Waals surface area contributed by atoms with Crippen LogP contribution in [0.5, 0.6) is 0 Å². The van der Waals surface area contributed by atoms with Crippen molar-refractivity contribution in [3.8, 4) is 17.1 Å². The van der Waals surface area contributed by atoms with Crippen LogP contribution in [0.1, 0.15) is 18.4 Å². The molecule has 5 heterocycles. The van der Waals surface area contributed by atoms with Crippen LogP contribution in [0.15, 0.2) is 52.8 Å². The number of likely N-dealkylation sites (tertiary alicyclic amines) is 1. The molecule has 1 amide bonds. The van der Waals surface area contributed by atoms with Crippen molar-refractivity contribution in [3.05, 3.63) is 65.0 Å². The Morgan fingerprint density at radius 1 is 1.20 bits per heavy atom. The van der Waals surface area contributed by atoms with E-state index in [1.54, 1.807) is 17.0 Å². The lowest BCUT2D eigenvalue weighted by Crippen LogP contribution is -2.54. The fraction of sp³-hybridized carbons (Fsp3) is 0.345. The molecular weight excluding hydrogens is 589 g/mol. The smallest absolute Gasteiger partial charge is 0.355 e. The maximum atomic E-state index is 15.9. The number of likely N-dealkylation sites (N-methyl/N-ethyl adjacent to an activating group) is 1. The van der Waals surface area contributed by atoms with E-state index in [9.17, 15) is 18.0 Å². The summed E-state index contributed by atoms with van der Waals surface area (Å²) in [5.41, 5.74) is 6.13. The molecule has 2 fully saturated rings. The van der Waals surface area contributed by atoms with Gasteiger partial charge in [-0.2, -0.15) is 10.1 Å². The molecule has 44 heavy (non-hydrogen) atoms. The number of sulfone groups is 1. The van der Waals surface area contributed by atoms with Crippen molar-refractivity contribution in [2.45, 2.75) is 23.8 Å². The van der Waals surface area contributed by atoms with Crippen molar-refractivity contribution in [2.24, 2.45) is 0 Å². The van der Waals surface area contributed by atoms with Gasteiger partial charge in [-0.3, -0.25) is 9.89 Å². The normalized spacial score (nSPS) is 18.0. The van der Waals surface area contributed by atoms with Crippen molar-refractivity contribution in [1.82, 2.24) is 34.5 Å². The topological polar surface area (TPSA) is 163 Å². The van der Waals surface area contributed by atoms with Gasteiger partial charge in [0.2, 0.25) is 5.91 Å². The van der Waals surface area contributed by atoms with Crippen LogP contribution in [0.3, 0.4) is 0 Å². The number of anilines is 2. The predicted molar refractivity (Wildman–Crippen MR) is 164 cm³/mol. The largest absolute Gasteiger partial charge is 0.396 e. The lowest BCUT2D eigenvalue weighted by molar-refractivity contribution is -0.126. The number of rotatable bonds is 6. The molecule has 0 aliphatic carbocycles. The molecule has 4 aromatic rings. The van der Waals surface area contributed by atoms with Gasteiger partial charge in [0, 0.05) is 50.9 Å². The molecule has 15 heteroatoms. The molecule has 2 aliphatic heterocycles. The highest BCUT2D eigenvalue weighted by Gasteiger charge is 2.34. The standard InChI is InChI=1S/C29H32FN9O4S/c1-5-23(40)37-9-10-38(16(2)13-37)27-19-11-20(30)24(25-21(31)12-32-35-25)33-28(19)39(29(41)34-27)26-18(17-14-36(3)15-17)7-6-8-22(26)44(4,42)43/h5-8,11-12,16-17H,1,9-10,13-15,31H2,2-4H3,(H,32,35)/t16-/m0/s1. The first-order valence-corrected chi connectivity index (χ1v) is 15.9. The third-order valence-electron chi connectivity index (χ3n) is 8.25. The van der Waals surface area contributed by atoms with Gasteiger partial charge in [-0.25, -0.2) is 27.2 Å². The summed E-state index contributed by atoms with van der Waals surface area (Å²) in [6.07, 6.45) is 3.64. The van der Waals surface area contributed by atoms with Gasteiger partial charge in [0.05, 0.1) is 27.9 Å². The van der Waals surface area contributed by atoms with E-state index in [-0.39, 0.29) is 62.4 Å². The maximum Gasteiger partial charge on any atom is 0.355 e. The van der Waals surface area contributed by atoms with Crippen LogP contribution in [0.25, 0.3) is 28.1 Å². The second kappa shape index (κ2) is 10.8. The zero-order valence-corrected chi connectivity index (χ0v) is 25.3. The molecule has 0 bridgehead atoms. The SMILES string of the molecule is C=CC(=O)N1CCN(c2nc(=O)n(-c3c(C4CN(C)C4)cccc3S(C)(=O)=O)c3nc(-c4[nH]ncc4N)c(F)cc23)[C@@H](C)C1. The third kappa shape index (κ3) is 4.91. The molecule has 1 aromatic carbocycles. The summed E-state index contributed by atoms with van der Waals surface area (Å²) in [5.74, 6) is -0.841. The Hall–Kier alpha value is -4.63. The molecule has 0 spiro atoms. The van der Waals surface area contributed by atoms with E-state index < -0.39 is 21.3 Å². The number of aromatic amines is 1. The Kier molecular flexibility index (Phi) is 7.24. The molecule has 2 aliphatic rings. The second-order valence-corrected chi connectivity index (χ2v) is 13.3. The molecular formula is C29H32FN9O4S. The molecule has 0 unspecified atom stereocenters. The first kappa shape index (κ1) is 29.4. The van der Waals surface area contributed by atoms with Gasteiger partial charge in [-0.05, 0) is 37.7 Å². The monoisotopic (exact) mass is 621 g/mol. The van der Waals surface area contributed by atoms with Gasteiger partial charge in [0.15, 0.2) is 21.3 Å². The second-order valence-electron chi connectivity index (χ2n) is 11.4. The number of nitrogens with one attached hydrogen (secondary N) is 1. The molecule has 0 radical (unpaired) electrons. The van der Waals surface area contributed by atoms with Crippen molar-refractivity contribution in [2.75, 3.05) is 56.7 Å². The number of piperazine rings is 1. The highest BCUT2D eigenvalue weighted by Crippen LogP contribution is 2.37. The van der Waals surface area contributed by atoms with Gasteiger partial charge in [-0.15, -0.1) is 0 Å². The minimum absolute atomic E-state index is 0.00669. The summed E-state index contributed by atoms with van der Waals surface area (Å²) in [4.78, 5) is 41.0. The number of hydrogen-bond donors (Lipinski definition) is 2. The number of hydrogen-bond acceptors (Lipinski definition) is 10. The molecule has 3 N–H and O–H groups in total. The molecule has 13 nitrogen and oxygen atoms in total. The predicted octanol–water partition coefficient (Wildman–Crippen LogP) is 1.55. The number of carbonyl (C=O) groups excluding carboxylic acids is 1. The fourth-order valence-corrected chi connectivity index (χ4v) is 6.98. The van der Waals surface area contributed by atoms with Crippen LogP contribution in [0.2, 0.25) is 0 Å². The first-order valence-electron chi connectivity index (χ1n) is 14.0. The van der Waals surface area contributed by atoms with Gasteiger partial charge in [0.25, 0.3) is 0 Å². The van der Waals surface area contributed by atoms with Gasteiger partial charge < -0.3 is 20.4 Å². The van der Waals surface area contributed by atoms with Crippen LogP contribution in [0.4, 0.5) is 15.9 Å². The minimum atomic E-state index is -3.84. The van der Waals surface area contributed by atoms with Crippen molar-refractivity contribution in [3.63, 3.8) is 0 Å². The van der Waals surface area contributed by atoms with Crippen LogP contribution >= 0.6 is 0 Å². The summed E-state index contributed by atoms with van der Waals surface area (Å²) in [5, 5.41) is 6.74. The van der Waals surface area contributed by atoms with E-state index in [2.05, 4.69) is 31.6 Å². The van der Waals surface area contributed by atoms with E-state index in [0.717, 1.165) is 6.26 Å². The Balaban J connectivity index is 1.66. The fourth-order valence-electron chi connectivity index (χ4n) is 6.09. The number of nitrogens with two attached hydrogens (primary N) is 1. The van der Waals surface area contributed by atoms with Crippen LogP contribution < -0.4 is 16.3 Å². The Morgan fingerprint density at radius 3 is 2.57 bits per heavy atom. The summed E-state index contributed by atoms with van der Waals surface area (Å²) >= 11 is 0. The van der Waals surface area contributed by atoms with Crippen LogP contribution in [-0.4, -0.2) is 101 Å². The van der Waals surface area contributed by atoms with E-state index in [0.29, 0.717) is 38.3 Å². The van der Waals surface area contributed by atoms with Crippen molar-refractivity contribution < 1.29 is 17.6 Å². The van der Waals surface area contributed by atoms with Gasteiger partial charge >= 0.3 is 5.69 Å². The van der Waals surface area contributed by atoms with E-state index in [1.807, 2.05) is 18.9 Å². The summed E-state index contributed by atoms with van der Waals surface area (Å²) in [6.45, 7) is 7.70. The minimum Gasteiger partial charge on any atom is -0.396 e. The molecule has 3 aromatic heterocycles. The van der Waals surface area contributed by atoms with Gasteiger partial charge in [0.1, 0.15) is 17.2 Å². The van der Waals surface area contributed by atoms with Crippen molar-refractivity contribution in [1.29, 1.82) is 0 Å². The van der Waals surface area contributed by atoms with E-state index in [1.165, 1.54) is 29.0 Å². The Bertz CT molecular complexity index is 1980. The highest BCUT2D eigenvalue weighted by molar-refractivity contribution is 7.90. The van der Waals surface area contributed by atoms with E-state index in [4.69, 9.17) is 5.73 Å². The number of H-pyrrole nitrogens is 1.